The van der Waals surface area contributed by atoms with Crippen molar-refractivity contribution in [3.63, 3.8) is 0 Å². The maximum absolute atomic E-state index is 12.2. The van der Waals surface area contributed by atoms with Crippen molar-refractivity contribution in [3.05, 3.63) is 12.3 Å². The fourth-order valence-electron chi connectivity index (χ4n) is 3.85. The van der Waals surface area contributed by atoms with Crippen molar-refractivity contribution >= 4 is 11.9 Å². The first-order valence-electron chi connectivity index (χ1n) is 12.0. The normalized spacial score (nSPS) is 19.0. The fourth-order valence-corrected chi connectivity index (χ4v) is 3.85. The molecule has 0 aliphatic carbocycles. The van der Waals surface area contributed by atoms with Gasteiger partial charge in [0.2, 0.25) is 5.91 Å². The first-order valence-corrected chi connectivity index (χ1v) is 12.0. The molecule has 1 rings (SSSR count). The number of aliphatic hydroxyl groups excluding tert-OH is 1. The molecule has 0 saturated carbocycles. The van der Waals surface area contributed by atoms with E-state index in [1.807, 2.05) is 38.8 Å². The second kappa shape index (κ2) is 13.8. The summed E-state index contributed by atoms with van der Waals surface area (Å²) in [5.74, 6) is 0.818. The molecular weight excluding hydrogens is 378 g/mol. The number of allylic oxidation sites excluding steroid dienone is 1. The Bertz CT molecular complexity index is 543. The van der Waals surface area contributed by atoms with Crippen LogP contribution in [0.25, 0.3) is 0 Å². The molecule has 5 nitrogen and oxygen atoms in total. The zero-order valence-electron chi connectivity index (χ0n) is 20.1. The Kier molecular flexibility index (Phi) is 12.3. The molecule has 5 heteroatoms. The highest BCUT2D eigenvalue weighted by molar-refractivity contribution is 5.79. The van der Waals surface area contributed by atoms with Gasteiger partial charge >= 0.3 is 5.97 Å². The van der Waals surface area contributed by atoms with Gasteiger partial charge in [0.05, 0.1) is 12.0 Å². The van der Waals surface area contributed by atoms with Crippen molar-refractivity contribution < 1.29 is 19.4 Å². The molecule has 0 aromatic heterocycles. The Morgan fingerprint density at radius 3 is 2.33 bits per heavy atom. The van der Waals surface area contributed by atoms with Crippen LogP contribution in [0.5, 0.6) is 0 Å². The van der Waals surface area contributed by atoms with Gasteiger partial charge < -0.3 is 14.7 Å². The van der Waals surface area contributed by atoms with E-state index in [1.165, 1.54) is 0 Å². The molecule has 4 atom stereocenters. The number of unbranched alkanes of at least 4 members (excludes halogenated alkanes) is 2. The molecular formula is C25H45NO4. The minimum absolute atomic E-state index is 0.0841. The SMILES string of the molecule is CC(/C=C/N1CCCC1=O)CC(C)C(CCCCCC(O)C(C)C)OC(=O)C(C)C. The quantitative estimate of drug-likeness (QED) is 0.303. The van der Waals surface area contributed by atoms with Crippen LogP contribution < -0.4 is 0 Å². The van der Waals surface area contributed by atoms with E-state index in [4.69, 9.17) is 4.74 Å². The van der Waals surface area contributed by atoms with Gasteiger partial charge in [0.15, 0.2) is 0 Å². The summed E-state index contributed by atoms with van der Waals surface area (Å²) in [6.45, 7) is 13.0. The van der Waals surface area contributed by atoms with Crippen molar-refractivity contribution in [3.8, 4) is 0 Å². The molecule has 1 saturated heterocycles. The van der Waals surface area contributed by atoms with E-state index in [2.05, 4.69) is 19.9 Å². The Hall–Kier alpha value is -1.36. The molecule has 1 aliphatic heterocycles. The van der Waals surface area contributed by atoms with E-state index < -0.39 is 0 Å². The smallest absolute Gasteiger partial charge is 0.308 e. The lowest BCUT2D eigenvalue weighted by atomic mass is 9.89. The first kappa shape index (κ1) is 26.7. The molecule has 1 fully saturated rings. The van der Waals surface area contributed by atoms with Gasteiger partial charge in [0, 0.05) is 19.2 Å². The summed E-state index contributed by atoms with van der Waals surface area (Å²) in [6, 6.07) is 0. The Labute approximate surface area is 184 Å². The number of likely N-dealkylation sites (tertiary alicyclic amines) is 1. The van der Waals surface area contributed by atoms with Crippen LogP contribution in [0.1, 0.15) is 92.9 Å². The Morgan fingerprint density at radius 1 is 1.10 bits per heavy atom. The number of aliphatic hydroxyl groups is 1. The van der Waals surface area contributed by atoms with Gasteiger partial charge in [-0.15, -0.1) is 0 Å². The van der Waals surface area contributed by atoms with E-state index >= 15 is 0 Å². The summed E-state index contributed by atoms with van der Waals surface area (Å²) >= 11 is 0. The molecule has 0 aromatic carbocycles. The predicted molar refractivity (Wildman–Crippen MR) is 122 cm³/mol. The largest absolute Gasteiger partial charge is 0.462 e. The standard InChI is InChI=1S/C25H45NO4/c1-18(2)22(27)11-8-7-9-12-23(30-25(29)19(3)4)21(6)17-20(5)14-16-26-15-10-13-24(26)28/h14,16,18-23,27H,7-13,15,17H2,1-6H3/b16-14+. The van der Waals surface area contributed by atoms with Gasteiger partial charge in [-0.25, -0.2) is 0 Å². The molecule has 0 radical (unpaired) electrons. The molecule has 30 heavy (non-hydrogen) atoms. The summed E-state index contributed by atoms with van der Waals surface area (Å²) < 4.78 is 5.86. The molecule has 4 unspecified atom stereocenters. The lowest BCUT2D eigenvalue weighted by Gasteiger charge is -2.27. The molecule has 0 aromatic rings. The van der Waals surface area contributed by atoms with Crippen molar-refractivity contribution in [1.29, 1.82) is 0 Å². The van der Waals surface area contributed by atoms with Crippen molar-refractivity contribution in [2.24, 2.45) is 23.7 Å². The van der Waals surface area contributed by atoms with Crippen LogP contribution in [-0.2, 0) is 14.3 Å². The third kappa shape index (κ3) is 10.1. The summed E-state index contributed by atoms with van der Waals surface area (Å²) in [5, 5.41) is 9.95. The van der Waals surface area contributed by atoms with Crippen LogP contribution in [0.2, 0.25) is 0 Å². The highest BCUT2D eigenvalue weighted by Crippen LogP contribution is 2.25. The summed E-state index contributed by atoms with van der Waals surface area (Å²) in [6.07, 6.45) is 11.0. The van der Waals surface area contributed by atoms with E-state index in [0.717, 1.165) is 51.5 Å². The molecule has 0 bridgehead atoms. The number of carbonyl (C=O) groups is 2. The average molecular weight is 424 g/mol. The minimum Gasteiger partial charge on any atom is -0.462 e. The van der Waals surface area contributed by atoms with Crippen LogP contribution in [0, 0.1) is 23.7 Å². The van der Waals surface area contributed by atoms with Gasteiger partial charge in [-0.05, 0) is 49.9 Å². The Balaban J connectivity index is 2.52. The monoisotopic (exact) mass is 423 g/mol. The van der Waals surface area contributed by atoms with Gasteiger partial charge in [-0.3, -0.25) is 9.59 Å². The first-order chi connectivity index (χ1) is 14.1. The van der Waals surface area contributed by atoms with E-state index in [0.29, 0.717) is 18.3 Å². The number of nitrogens with zero attached hydrogens (tertiary/aromatic N) is 1. The summed E-state index contributed by atoms with van der Waals surface area (Å²) in [4.78, 5) is 25.8. The third-order valence-electron chi connectivity index (χ3n) is 6.08. The summed E-state index contributed by atoms with van der Waals surface area (Å²) in [5.41, 5.74) is 0. The molecule has 1 amide bonds. The van der Waals surface area contributed by atoms with Crippen LogP contribution in [0.4, 0.5) is 0 Å². The highest BCUT2D eigenvalue weighted by atomic mass is 16.5. The number of amides is 1. The average Bonchev–Trinajstić information content (AvgIpc) is 3.09. The van der Waals surface area contributed by atoms with Crippen molar-refractivity contribution in [2.75, 3.05) is 6.54 Å². The van der Waals surface area contributed by atoms with Crippen molar-refractivity contribution in [2.45, 2.75) is 105 Å². The zero-order valence-corrected chi connectivity index (χ0v) is 20.1. The lowest BCUT2D eigenvalue weighted by Crippen LogP contribution is -2.28. The van der Waals surface area contributed by atoms with E-state index in [-0.39, 0.29) is 35.9 Å². The Morgan fingerprint density at radius 2 is 1.77 bits per heavy atom. The van der Waals surface area contributed by atoms with Gasteiger partial charge in [-0.1, -0.05) is 60.5 Å². The number of hydrogen-bond acceptors (Lipinski definition) is 4. The minimum atomic E-state index is -0.228. The number of rotatable bonds is 14. The van der Waals surface area contributed by atoms with Crippen LogP contribution in [0.15, 0.2) is 12.3 Å². The zero-order chi connectivity index (χ0) is 22.7. The predicted octanol–water partition coefficient (Wildman–Crippen LogP) is 5.32. The van der Waals surface area contributed by atoms with Crippen LogP contribution in [0.3, 0.4) is 0 Å². The van der Waals surface area contributed by atoms with Crippen LogP contribution >= 0.6 is 0 Å². The summed E-state index contributed by atoms with van der Waals surface area (Å²) in [7, 11) is 0. The number of hydrogen-bond donors (Lipinski definition) is 1. The van der Waals surface area contributed by atoms with E-state index in [1.54, 1.807) is 0 Å². The molecule has 174 valence electrons. The van der Waals surface area contributed by atoms with Gasteiger partial charge in [0.1, 0.15) is 6.10 Å². The van der Waals surface area contributed by atoms with E-state index in [9.17, 15) is 14.7 Å². The van der Waals surface area contributed by atoms with Crippen molar-refractivity contribution in [1.82, 2.24) is 4.90 Å². The van der Waals surface area contributed by atoms with Gasteiger partial charge in [-0.2, -0.15) is 0 Å². The van der Waals surface area contributed by atoms with Gasteiger partial charge in [0.25, 0.3) is 0 Å². The fraction of sp³-hybridized carbons (Fsp3) is 0.840. The molecule has 1 heterocycles. The molecule has 1 N–H and O–H groups in total. The number of carbonyl (C=O) groups excluding carboxylic acids is 2. The molecule has 0 spiro atoms. The number of esters is 1. The topological polar surface area (TPSA) is 66.8 Å². The number of ether oxygens (including phenoxy) is 1. The second-order valence-corrected chi connectivity index (χ2v) is 9.80. The second-order valence-electron chi connectivity index (χ2n) is 9.80. The maximum Gasteiger partial charge on any atom is 0.308 e. The molecule has 1 aliphatic rings. The van der Waals surface area contributed by atoms with Crippen LogP contribution in [-0.4, -0.2) is 40.6 Å². The maximum atomic E-state index is 12.2. The highest BCUT2D eigenvalue weighted by Gasteiger charge is 2.24. The third-order valence-corrected chi connectivity index (χ3v) is 6.08. The lowest BCUT2D eigenvalue weighted by molar-refractivity contribution is -0.156.